The Balaban J connectivity index is 2.31. The number of aromatic nitrogens is 3. The van der Waals surface area contributed by atoms with Crippen molar-refractivity contribution in [2.45, 2.75) is 0 Å². The van der Waals surface area contributed by atoms with Gasteiger partial charge in [0.2, 0.25) is 4.96 Å². The average Bonchev–Trinajstić information content (AvgIpc) is 2.75. The van der Waals surface area contributed by atoms with Gasteiger partial charge in [-0.1, -0.05) is 23.5 Å². The Morgan fingerprint density at radius 1 is 1.29 bits per heavy atom. The van der Waals surface area contributed by atoms with E-state index in [9.17, 15) is 19.7 Å². The minimum Gasteiger partial charge on any atom is -0.266 e. The third kappa shape index (κ3) is 2.30. The van der Waals surface area contributed by atoms with Crippen LogP contribution in [-0.4, -0.2) is 19.5 Å². The smallest absolute Gasteiger partial charge is 0.266 e. The zero-order valence-corrected chi connectivity index (χ0v) is 11.1. The molecule has 0 unspecified atom stereocenters. The molecule has 2 heterocycles. The van der Waals surface area contributed by atoms with Crippen molar-refractivity contribution in [1.29, 1.82) is 0 Å². The zero-order valence-electron chi connectivity index (χ0n) is 10.3. The van der Waals surface area contributed by atoms with Gasteiger partial charge in [0.15, 0.2) is 0 Å². The van der Waals surface area contributed by atoms with E-state index in [1.165, 1.54) is 18.2 Å². The van der Waals surface area contributed by atoms with Gasteiger partial charge < -0.3 is 0 Å². The summed E-state index contributed by atoms with van der Waals surface area (Å²) in [7, 11) is 0. The largest absolute Gasteiger partial charge is 0.292 e. The first-order valence-electron chi connectivity index (χ1n) is 5.70. The summed E-state index contributed by atoms with van der Waals surface area (Å²) in [5.41, 5.74) is -0.826. The fraction of sp³-hybridized carbons (Fsp3) is 0. The third-order valence-electron chi connectivity index (χ3n) is 2.70. The number of benzene rings is 1. The summed E-state index contributed by atoms with van der Waals surface area (Å²) in [4.78, 5) is 37.5. The average molecular weight is 302 g/mol. The number of hydrogen-bond acceptors (Lipinski definition) is 7. The summed E-state index contributed by atoms with van der Waals surface area (Å²) in [6.45, 7) is 0. The van der Waals surface area contributed by atoms with Gasteiger partial charge >= 0.3 is 0 Å². The van der Waals surface area contributed by atoms with E-state index >= 15 is 0 Å². The van der Waals surface area contributed by atoms with Gasteiger partial charge in [-0.25, -0.2) is 0 Å². The maximum absolute atomic E-state index is 12.1. The van der Waals surface area contributed by atoms with Gasteiger partial charge in [-0.15, -0.1) is 0 Å². The molecule has 3 aromatic rings. The molecule has 0 saturated heterocycles. The molecule has 0 fully saturated rings. The molecule has 0 aliphatic rings. The lowest BCUT2D eigenvalue weighted by Gasteiger charge is -1.94. The van der Waals surface area contributed by atoms with E-state index in [1.54, 1.807) is 12.1 Å². The zero-order chi connectivity index (χ0) is 15.0. The van der Waals surface area contributed by atoms with Crippen LogP contribution in [-0.2, 0) is 0 Å². The number of thiazole rings is 1. The van der Waals surface area contributed by atoms with Crippen LogP contribution >= 0.6 is 11.3 Å². The highest BCUT2D eigenvalue weighted by atomic mass is 32.1. The van der Waals surface area contributed by atoms with Crippen LogP contribution in [0.15, 0.2) is 40.1 Å². The first kappa shape index (κ1) is 13.1. The van der Waals surface area contributed by atoms with Gasteiger partial charge in [-0.3, -0.25) is 19.7 Å². The molecule has 0 aliphatic heterocycles. The number of nitro benzene ring substituents is 1. The lowest BCUT2D eigenvalue weighted by atomic mass is 10.2. The van der Waals surface area contributed by atoms with Crippen molar-refractivity contribution >= 4 is 28.1 Å². The lowest BCUT2D eigenvalue weighted by molar-refractivity contribution is -0.385. The highest BCUT2D eigenvalue weighted by Gasteiger charge is 2.12. The summed E-state index contributed by atoms with van der Waals surface area (Å²) in [5.74, 6) is 0. The van der Waals surface area contributed by atoms with Crippen molar-refractivity contribution in [3.63, 3.8) is 0 Å². The third-order valence-corrected chi connectivity index (χ3v) is 3.65. The SMILES string of the molecule is O=c1cnn2c(=O)c(=Cc3ccccc3[N+](=O)[O-])sc2n1. The van der Waals surface area contributed by atoms with Crippen LogP contribution in [0.3, 0.4) is 0 Å². The van der Waals surface area contributed by atoms with Gasteiger partial charge in [-0.05, 0) is 12.1 Å². The summed E-state index contributed by atoms with van der Waals surface area (Å²) in [6.07, 6.45) is 2.34. The molecule has 0 aliphatic carbocycles. The molecular weight excluding hydrogens is 296 g/mol. The van der Waals surface area contributed by atoms with Gasteiger partial charge in [0.25, 0.3) is 16.8 Å². The topological polar surface area (TPSA) is 107 Å². The Hall–Kier alpha value is -2.94. The molecular formula is C12H6N4O4S. The molecule has 0 saturated carbocycles. The Bertz CT molecular complexity index is 1020. The fourth-order valence-electron chi connectivity index (χ4n) is 1.79. The van der Waals surface area contributed by atoms with Crippen LogP contribution in [0, 0.1) is 10.1 Å². The summed E-state index contributed by atoms with van der Waals surface area (Å²) < 4.78 is 1.21. The van der Waals surface area contributed by atoms with Gasteiger partial charge in [0.05, 0.1) is 15.0 Å². The molecule has 104 valence electrons. The standard InChI is InChI=1S/C12H6N4O4S/c17-10-6-13-15-11(18)9(21-12(15)14-10)5-7-3-1-2-4-8(7)16(19)20/h1-6H. The van der Waals surface area contributed by atoms with E-state index in [2.05, 4.69) is 10.1 Å². The highest BCUT2D eigenvalue weighted by molar-refractivity contribution is 7.15. The predicted octanol–water partition coefficient (Wildman–Crippen LogP) is -0.0329. The van der Waals surface area contributed by atoms with Gasteiger partial charge in [-0.2, -0.15) is 14.6 Å². The number of rotatable bonds is 2. The quantitative estimate of drug-likeness (QED) is 0.486. The van der Waals surface area contributed by atoms with Crippen LogP contribution < -0.4 is 15.7 Å². The maximum atomic E-state index is 12.1. The van der Waals surface area contributed by atoms with E-state index < -0.39 is 16.0 Å². The van der Waals surface area contributed by atoms with E-state index in [0.29, 0.717) is 5.56 Å². The summed E-state index contributed by atoms with van der Waals surface area (Å²) in [5, 5.41) is 14.6. The molecule has 0 radical (unpaired) electrons. The van der Waals surface area contributed by atoms with E-state index in [0.717, 1.165) is 22.0 Å². The molecule has 21 heavy (non-hydrogen) atoms. The molecule has 2 aromatic heterocycles. The van der Waals surface area contributed by atoms with Crippen molar-refractivity contribution in [2.75, 3.05) is 0 Å². The molecule has 8 nitrogen and oxygen atoms in total. The fourth-order valence-corrected chi connectivity index (χ4v) is 2.70. The van der Waals surface area contributed by atoms with Crippen molar-refractivity contribution in [2.24, 2.45) is 0 Å². The lowest BCUT2D eigenvalue weighted by Crippen LogP contribution is -2.25. The second-order valence-corrected chi connectivity index (χ2v) is 5.03. The van der Waals surface area contributed by atoms with Crippen LogP contribution in [0.25, 0.3) is 11.0 Å². The summed E-state index contributed by atoms with van der Waals surface area (Å²) >= 11 is 0.952. The van der Waals surface area contributed by atoms with Crippen molar-refractivity contribution in [1.82, 2.24) is 14.6 Å². The Morgan fingerprint density at radius 3 is 2.81 bits per heavy atom. The van der Waals surface area contributed by atoms with Crippen LogP contribution in [0.1, 0.15) is 5.56 Å². The first-order valence-corrected chi connectivity index (χ1v) is 6.52. The van der Waals surface area contributed by atoms with Crippen LogP contribution in [0.4, 0.5) is 5.69 Å². The normalized spacial score (nSPS) is 11.9. The molecule has 0 atom stereocenters. The minimum atomic E-state index is -0.548. The van der Waals surface area contributed by atoms with Crippen LogP contribution in [0.5, 0.6) is 0 Å². The van der Waals surface area contributed by atoms with Crippen molar-refractivity contribution in [3.05, 3.63) is 71.4 Å². The number of para-hydroxylation sites is 1. The van der Waals surface area contributed by atoms with Crippen LogP contribution in [0.2, 0.25) is 0 Å². The molecule has 0 N–H and O–H groups in total. The van der Waals surface area contributed by atoms with Gasteiger partial charge in [0, 0.05) is 6.07 Å². The van der Waals surface area contributed by atoms with Crippen molar-refractivity contribution < 1.29 is 4.92 Å². The molecule has 0 amide bonds. The number of fused-ring (bicyclic) bond motifs is 1. The number of hydrogen-bond donors (Lipinski definition) is 0. The molecule has 0 bridgehead atoms. The van der Waals surface area contributed by atoms with Crippen molar-refractivity contribution in [3.8, 4) is 0 Å². The Kier molecular flexibility index (Phi) is 3.03. The monoisotopic (exact) mass is 302 g/mol. The molecule has 1 aromatic carbocycles. The Labute approximate surface area is 119 Å². The Morgan fingerprint density at radius 2 is 2.05 bits per heavy atom. The maximum Gasteiger partial charge on any atom is 0.292 e. The number of nitrogens with zero attached hydrogens (tertiary/aromatic N) is 4. The second-order valence-electron chi connectivity index (χ2n) is 4.02. The molecule has 3 rings (SSSR count). The van der Waals surface area contributed by atoms with E-state index in [4.69, 9.17) is 0 Å². The first-order chi connectivity index (χ1) is 10.1. The van der Waals surface area contributed by atoms with E-state index in [-0.39, 0.29) is 15.2 Å². The second kappa shape index (κ2) is 4.87. The molecule has 9 heteroatoms. The predicted molar refractivity (Wildman–Crippen MR) is 75.3 cm³/mol. The minimum absolute atomic E-state index is 0.107. The van der Waals surface area contributed by atoms with E-state index in [1.807, 2.05) is 0 Å². The summed E-state index contributed by atoms with van der Waals surface area (Å²) in [6, 6.07) is 6.06. The van der Waals surface area contributed by atoms with Gasteiger partial charge in [0.1, 0.15) is 6.20 Å². The highest BCUT2D eigenvalue weighted by Crippen LogP contribution is 2.18. The molecule has 0 spiro atoms. The number of nitro groups is 1.